The second kappa shape index (κ2) is 8.36. The molecule has 0 aliphatic carbocycles. The Hall–Kier alpha value is -2.34. The molecule has 0 aliphatic heterocycles. The second-order valence-electron chi connectivity index (χ2n) is 5.99. The Morgan fingerprint density at radius 1 is 1.00 bits per heavy atom. The molecular weight excluding hydrogens is 345 g/mol. The minimum absolute atomic E-state index is 0.310. The van der Waals surface area contributed by atoms with Crippen LogP contribution in [0.5, 0.6) is 0 Å². The lowest BCUT2D eigenvalue weighted by atomic mass is 9.92. The molecule has 2 aromatic carbocycles. The van der Waals surface area contributed by atoms with Gasteiger partial charge in [-0.2, -0.15) is 13.2 Å². The number of alkyl halides is 3. The number of esters is 1. The first kappa shape index (κ1) is 20.0. The summed E-state index contributed by atoms with van der Waals surface area (Å²) in [6.45, 7) is 1.57. The summed E-state index contributed by atoms with van der Waals surface area (Å²) in [5.41, 5.74) is -2.43. The van der Waals surface area contributed by atoms with Crippen LogP contribution in [0.3, 0.4) is 0 Å². The molecule has 0 fully saturated rings. The molecule has 140 valence electrons. The fraction of sp³-hybridized carbons (Fsp3) is 0.350. The van der Waals surface area contributed by atoms with E-state index in [1.54, 1.807) is 13.0 Å². The maximum atomic E-state index is 13.8. The van der Waals surface area contributed by atoms with Crippen LogP contribution < -0.4 is 0 Å². The number of rotatable bonds is 7. The fourth-order valence-electron chi connectivity index (χ4n) is 2.73. The monoisotopic (exact) mass is 366 g/mol. The van der Waals surface area contributed by atoms with Crippen LogP contribution in [0, 0.1) is 0 Å². The van der Waals surface area contributed by atoms with Gasteiger partial charge in [0.05, 0.1) is 6.10 Å². The summed E-state index contributed by atoms with van der Waals surface area (Å²) in [4.78, 5) is 12.5. The van der Waals surface area contributed by atoms with Crippen LogP contribution in [0.1, 0.15) is 24.5 Å². The molecule has 6 heteroatoms. The summed E-state index contributed by atoms with van der Waals surface area (Å²) in [6.07, 6.45) is -4.66. The van der Waals surface area contributed by atoms with Crippen molar-refractivity contribution in [1.29, 1.82) is 0 Å². The van der Waals surface area contributed by atoms with E-state index in [0.717, 1.165) is 12.7 Å². The fourth-order valence-corrected chi connectivity index (χ4v) is 2.73. The van der Waals surface area contributed by atoms with Crippen molar-refractivity contribution in [3.8, 4) is 0 Å². The first-order valence-electron chi connectivity index (χ1n) is 8.23. The number of aryl methyl sites for hydroxylation is 1. The van der Waals surface area contributed by atoms with E-state index in [1.165, 1.54) is 24.3 Å². The highest BCUT2D eigenvalue weighted by Gasteiger charge is 2.64. The van der Waals surface area contributed by atoms with Crippen LogP contribution >= 0.6 is 0 Å². The lowest BCUT2D eigenvalue weighted by molar-refractivity contribution is -0.278. The second-order valence-corrected chi connectivity index (χ2v) is 5.99. The number of benzene rings is 2. The number of ether oxygens (including phenoxy) is 2. The van der Waals surface area contributed by atoms with Gasteiger partial charge in [-0.25, -0.2) is 4.79 Å². The van der Waals surface area contributed by atoms with Gasteiger partial charge in [0.1, 0.15) is 0 Å². The lowest BCUT2D eigenvalue weighted by Gasteiger charge is -2.33. The summed E-state index contributed by atoms with van der Waals surface area (Å²) < 4.78 is 51.2. The van der Waals surface area contributed by atoms with E-state index in [2.05, 4.69) is 0 Å². The first-order valence-corrected chi connectivity index (χ1v) is 8.23. The maximum Gasteiger partial charge on any atom is 0.432 e. The molecule has 0 spiro atoms. The van der Waals surface area contributed by atoms with Crippen molar-refractivity contribution in [2.45, 2.75) is 37.6 Å². The highest BCUT2D eigenvalue weighted by Crippen LogP contribution is 2.43. The topological polar surface area (TPSA) is 35.5 Å². The number of methoxy groups -OCH3 is 1. The molecule has 0 amide bonds. The van der Waals surface area contributed by atoms with Gasteiger partial charge in [0.25, 0.3) is 5.60 Å². The zero-order chi connectivity index (χ0) is 19.2. The number of carbonyl (C=O) groups excluding carboxylic acids is 1. The third kappa shape index (κ3) is 4.25. The van der Waals surface area contributed by atoms with Crippen molar-refractivity contribution in [3.05, 3.63) is 71.8 Å². The van der Waals surface area contributed by atoms with E-state index < -0.39 is 23.9 Å². The normalized spacial score (nSPS) is 15.1. The summed E-state index contributed by atoms with van der Waals surface area (Å²) in [5, 5.41) is 0. The van der Waals surface area contributed by atoms with Gasteiger partial charge in [-0.15, -0.1) is 0 Å². The maximum absolute atomic E-state index is 13.8. The van der Waals surface area contributed by atoms with Crippen molar-refractivity contribution in [1.82, 2.24) is 0 Å². The van der Waals surface area contributed by atoms with Gasteiger partial charge in [0.15, 0.2) is 0 Å². The lowest BCUT2D eigenvalue weighted by Crippen LogP contribution is -2.52. The first-order chi connectivity index (χ1) is 12.3. The Morgan fingerprint density at radius 2 is 1.54 bits per heavy atom. The van der Waals surface area contributed by atoms with E-state index in [1.807, 2.05) is 30.3 Å². The highest BCUT2D eigenvalue weighted by atomic mass is 19.4. The Balaban J connectivity index is 2.16. The number of hydrogen-bond donors (Lipinski definition) is 0. The summed E-state index contributed by atoms with van der Waals surface area (Å²) >= 11 is 0. The zero-order valence-corrected chi connectivity index (χ0v) is 14.6. The molecule has 26 heavy (non-hydrogen) atoms. The van der Waals surface area contributed by atoms with Crippen LogP contribution in [0.2, 0.25) is 0 Å². The van der Waals surface area contributed by atoms with Gasteiger partial charge in [-0.1, -0.05) is 60.7 Å². The Bertz CT molecular complexity index is 701. The van der Waals surface area contributed by atoms with Gasteiger partial charge in [0.2, 0.25) is 0 Å². The summed E-state index contributed by atoms with van der Waals surface area (Å²) in [5.74, 6) is -1.46. The van der Waals surface area contributed by atoms with Crippen molar-refractivity contribution in [2.75, 3.05) is 7.11 Å². The molecular formula is C20H21F3O3. The van der Waals surface area contributed by atoms with Gasteiger partial charge in [-0.3, -0.25) is 0 Å². The third-order valence-electron chi connectivity index (χ3n) is 4.16. The molecule has 0 radical (unpaired) electrons. The molecule has 0 unspecified atom stereocenters. The van der Waals surface area contributed by atoms with Crippen LogP contribution in [0.25, 0.3) is 0 Å². The van der Waals surface area contributed by atoms with E-state index in [-0.39, 0.29) is 5.56 Å². The molecule has 2 rings (SSSR count). The van der Waals surface area contributed by atoms with Crippen LogP contribution in [0.4, 0.5) is 13.2 Å². The molecule has 2 atom stereocenters. The van der Waals surface area contributed by atoms with Crippen molar-refractivity contribution in [2.24, 2.45) is 0 Å². The molecule has 3 nitrogen and oxygen atoms in total. The Labute approximate surface area is 150 Å². The van der Waals surface area contributed by atoms with Gasteiger partial charge in [-0.05, 0) is 25.3 Å². The van der Waals surface area contributed by atoms with Crippen LogP contribution in [-0.2, 0) is 26.3 Å². The van der Waals surface area contributed by atoms with Crippen molar-refractivity contribution < 1.29 is 27.4 Å². The van der Waals surface area contributed by atoms with E-state index in [9.17, 15) is 18.0 Å². The molecule has 0 saturated heterocycles. The molecule has 0 saturated carbocycles. The van der Waals surface area contributed by atoms with E-state index >= 15 is 0 Å². The average Bonchev–Trinajstić information content (AvgIpc) is 2.61. The molecule has 0 heterocycles. The third-order valence-corrected chi connectivity index (χ3v) is 4.16. The quantitative estimate of drug-likeness (QED) is 0.669. The molecule has 0 aromatic heterocycles. The van der Waals surface area contributed by atoms with Crippen molar-refractivity contribution in [3.63, 3.8) is 0 Å². The highest BCUT2D eigenvalue weighted by molar-refractivity contribution is 5.82. The van der Waals surface area contributed by atoms with Crippen LogP contribution in [-0.4, -0.2) is 25.4 Å². The summed E-state index contributed by atoms with van der Waals surface area (Å²) in [7, 11) is 0.858. The van der Waals surface area contributed by atoms with Gasteiger partial charge in [0, 0.05) is 12.7 Å². The number of carbonyl (C=O) groups is 1. The Kier molecular flexibility index (Phi) is 6.42. The van der Waals surface area contributed by atoms with Crippen LogP contribution in [0.15, 0.2) is 60.7 Å². The Morgan fingerprint density at radius 3 is 2.04 bits per heavy atom. The standard InChI is InChI=1S/C20H21F3O3/c1-15(13-14-16-9-5-3-6-10-16)26-18(24)19(25-2,20(21,22)23)17-11-7-4-8-12-17/h3-12,15H,13-14H2,1-2H3/t15-,19+/m1/s1. The van der Waals surface area contributed by atoms with E-state index in [4.69, 9.17) is 9.47 Å². The minimum atomic E-state index is -4.96. The molecule has 0 N–H and O–H groups in total. The average molecular weight is 366 g/mol. The smallest absolute Gasteiger partial charge is 0.432 e. The zero-order valence-electron chi connectivity index (χ0n) is 14.6. The molecule has 2 aromatic rings. The minimum Gasteiger partial charge on any atom is -0.460 e. The van der Waals surface area contributed by atoms with Gasteiger partial charge < -0.3 is 9.47 Å². The number of halogens is 3. The summed E-state index contributed by atoms with van der Waals surface area (Å²) in [6, 6.07) is 16.3. The predicted octanol–water partition coefficient (Wildman–Crippen LogP) is 4.66. The van der Waals surface area contributed by atoms with Crippen molar-refractivity contribution >= 4 is 5.97 Å². The van der Waals surface area contributed by atoms with Gasteiger partial charge >= 0.3 is 12.1 Å². The SMILES string of the molecule is CO[C@](C(=O)O[C@H](C)CCc1ccccc1)(c1ccccc1)C(F)(F)F. The predicted molar refractivity (Wildman–Crippen MR) is 91.5 cm³/mol. The molecule has 0 aliphatic rings. The largest absolute Gasteiger partial charge is 0.460 e. The molecule has 0 bridgehead atoms. The van der Waals surface area contributed by atoms with E-state index in [0.29, 0.717) is 12.8 Å². The number of hydrogen-bond acceptors (Lipinski definition) is 3.